The second-order valence-electron chi connectivity index (χ2n) is 6.10. The fourth-order valence-corrected chi connectivity index (χ4v) is 2.74. The minimum Gasteiger partial charge on any atom is -0.503 e. The molecule has 0 fully saturated rings. The zero-order chi connectivity index (χ0) is 16.8. The highest BCUT2D eigenvalue weighted by Gasteiger charge is 2.14. The second-order valence-corrected chi connectivity index (χ2v) is 6.10. The lowest BCUT2D eigenvalue weighted by atomic mass is 10.1. The Balaban J connectivity index is 2.34. The SMILES string of the molecule is CCCCN(C)Cc1cc(=O)c(O)cn1C(C)c1ccccc1. The zero-order valence-corrected chi connectivity index (χ0v) is 14.2. The van der Waals surface area contributed by atoms with E-state index in [1.165, 1.54) is 0 Å². The topological polar surface area (TPSA) is 45.5 Å². The lowest BCUT2D eigenvalue weighted by Crippen LogP contribution is -2.25. The number of nitrogens with zero attached hydrogens (tertiary/aromatic N) is 2. The summed E-state index contributed by atoms with van der Waals surface area (Å²) in [6.07, 6.45) is 3.84. The molecule has 0 amide bonds. The maximum absolute atomic E-state index is 11.9. The predicted octanol–water partition coefficient (Wildman–Crippen LogP) is 3.40. The largest absolute Gasteiger partial charge is 0.503 e. The average Bonchev–Trinajstić information content (AvgIpc) is 2.56. The Kier molecular flexibility index (Phi) is 5.99. The molecule has 0 aliphatic carbocycles. The van der Waals surface area contributed by atoms with Gasteiger partial charge in [-0.3, -0.25) is 4.79 Å². The molecule has 0 saturated heterocycles. The van der Waals surface area contributed by atoms with Crippen molar-refractivity contribution in [3.8, 4) is 5.75 Å². The molecule has 0 radical (unpaired) electrons. The lowest BCUT2D eigenvalue weighted by Gasteiger charge is -2.24. The molecule has 2 rings (SSSR count). The summed E-state index contributed by atoms with van der Waals surface area (Å²) >= 11 is 0. The Morgan fingerprint density at radius 3 is 2.61 bits per heavy atom. The Hall–Kier alpha value is -2.07. The van der Waals surface area contributed by atoms with Gasteiger partial charge in [-0.1, -0.05) is 43.7 Å². The van der Waals surface area contributed by atoms with Gasteiger partial charge in [-0.15, -0.1) is 0 Å². The number of pyridine rings is 1. The zero-order valence-electron chi connectivity index (χ0n) is 14.2. The fraction of sp³-hybridized carbons (Fsp3) is 0.421. The standard InChI is InChI=1S/C19H26N2O2/c1-4-5-11-20(3)13-17-12-18(22)19(23)14-21(17)15(2)16-9-7-6-8-10-16/h6-10,12,14-15,23H,4-5,11,13H2,1-3H3. The predicted molar refractivity (Wildman–Crippen MR) is 93.9 cm³/mol. The van der Waals surface area contributed by atoms with E-state index >= 15 is 0 Å². The van der Waals surface area contributed by atoms with Gasteiger partial charge in [-0.25, -0.2) is 0 Å². The number of rotatable bonds is 7. The average molecular weight is 314 g/mol. The molecule has 4 nitrogen and oxygen atoms in total. The number of hydrogen-bond donors (Lipinski definition) is 1. The van der Waals surface area contributed by atoms with Crippen molar-refractivity contribution in [1.29, 1.82) is 0 Å². The fourth-order valence-electron chi connectivity index (χ4n) is 2.74. The van der Waals surface area contributed by atoms with Crippen LogP contribution in [0.3, 0.4) is 0 Å². The summed E-state index contributed by atoms with van der Waals surface area (Å²) < 4.78 is 1.99. The highest BCUT2D eigenvalue weighted by atomic mass is 16.3. The Bertz CT molecular complexity index is 680. The molecule has 1 atom stereocenters. The number of unbranched alkanes of at least 4 members (excludes halogenated alkanes) is 1. The molecular weight excluding hydrogens is 288 g/mol. The molecule has 4 heteroatoms. The van der Waals surface area contributed by atoms with Crippen LogP contribution in [0.15, 0.2) is 47.4 Å². The first-order chi connectivity index (χ1) is 11.0. The summed E-state index contributed by atoms with van der Waals surface area (Å²) in [5.74, 6) is -0.201. The lowest BCUT2D eigenvalue weighted by molar-refractivity contribution is 0.308. The second kappa shape index (κ2) is 7.97. The number of hydrogen-bond acceptors (Lipinski definition) is 3. The van der Waals surface area contributed by atoms with Crippen LogP contribution in [0.4, 0.5) is 0 Å². The van der Waals surface area contributed by atoms with Gasteiger partial charge in [-0.2, -0.15) is 0 Å². The van der Waals surface area contributed by atoms with Gasteiger partial charge >= 0.3 is 0 Å². The molecule has 1 aromatic carbocycles. The van der Waals surface area contributed by atoms with Gasteiger partial charge in [0, 0.05) is 18.3 Å². The van der Waals surface area contributed by atoms with Crippen LogP contribution in [0.25, 0.3) is 0 Å². The third kappa shape index (κ3) is 4.45. The van der Waals surface area contributed by atoms with Crippen molar-refractivity contribution >= 4 is 0 Å². The summed E-state index contributed by atoms with van der Waals surface area (Å²) in [7, 11) is 2.06. The quantitative estimate of drug-likeness (QED) is 0.852. The summed E-state index contributed by atoms with van der Waals surface area (Å²) in [5.41, 5.74) is 1.75. The first-order valence-corrected chi connectivity index (χ1v) is 8.20. The number of aromatic nitrogens is 1. The third-order valence-corrected chi connectivity index (χ3v) is 4.17. The summed E-state index contributed by atoms with van der Waals surface area (Å²) in [4.78, 5) is 14.1. The van der Waals surface area contributed by atoms with E-state index in [-0.39, 0.29) is 17.2 Å². The highest BCUT2D eigenvalue weighted by molar-refractivity contribution is 5.25. The summed E-state index contributed by atoms with van der Waals surface area (Å²) in [6, 6.07) is 11.7. The van der Waals surface area contributed by atoms with Crippen molar-refractivity contribution in [2.45, 2.75) is 39.3 Å². The molecule has 0 spiro atoms. The normalized spacial score (nSPS) is 12.5. The van der Waals surface area contributed by atoms with E-state index in [0.29, 0.717) is 6.54 Å². The number of benzene rings is 1. The van der Waals surface area contributed by atoms with Crippen molar-refractivity contribution in [2.24, 2.45) is 0 Å². The van der Waals surface area contributed by atoms with Crippen LogP contribution >= 0.6 is 0 Å². The molecule has 1 aromatic heterocycles. The van der Waals surface area contributed by atoms with Gasteiger partial charge in [0.25, 0.3) is 0 Å². The first kappa shape index (κ1) is 17.3. The maximum atomic E-state index is 11.9. The van der Waals surface area contributed by atoms with Crippen LogP contribution in [0.1, 0.15) is 44.0 Å². The van der Waals surface area contributed by atoms with E-state index in [1.807, 2.05) is 22.8 Å². The smallest absolute Gasteiger partial charge is 0.223 e. The van der Waals surface area contributed by atoms with Gasteiger partial charge in [0.15, 0.2) is 5.75 Å². The van der Waals surface area contributed by atoms with Crippen LogP contribution in [-0.4, -0.2) is 28.2 Å². The minimum absolute atomic E-state index is 0.0530. The van der Waals surface area contributed by atoms with Crippen LogP contribution < -0.4 is 5.43 Å². The van der Waals surface area contributed by atoms with E-state index in [0.717, 1.165) is 30.6 Å². The van der Waals surface area contributed by atoms with Gasteiger partial charge in [0.1, 0.15) is 0 Å². The van der Waals surface area contributed by atoms with E-state index in [1.54, 1.807) is 12.3 Å². The molecular formula is C19H26N2O2. The molecule has 23 heavy (non-hydrogen) atoms. The monoisotopic (exact) mass is 314 g/mol. The van der Waals surface area contributed by atoms with Gasteiger partial charge in [0.2, 0.25) is 5.43 Å². The van der Waals surface area contributed by atoms with Crippen LogP contribution in [0.2, 0.25) is 0 Å². The third-order valence-electron chi connectivity index (χ3n) is 4.17. The van der Waals surface area contributed by atoms with E-state index in [2.05, 4.69) is 37.9 Å². The van der Waals surface area contributed by atoms with E-state index in [9.17, 15) is 9.90 Å². The van der Waals surface area contributed by atoms with Crippen LogP contribution in [-0.2, 0) is 6.54 Å². The van der Waals surface area contributed by atoms with Gasteiger partial charge in [0.05, 0.1) is 12.2 Å². The van der Waals surface area contributed by atoms with E-state index in [4.69, 9.17) is 0 Å². The first-order valence-electron chi connectivity index (χ1n) is 8.20. The Labute approximate surface area is 138 Å². The summed E-state index contributed by atoms with van der Waals surface area (Å²) in [6.45, 7) is 5.93. The molecule has 1 heterocycles. The summed E-state index contributed by atoms with van der Waals surface area (Å²) in [5, 5.41) is 9.85. The highest BCUT2D eigenvalue weighted by Crippen LogP contribution is 2.21. The van der Waals surface area contributed by atoms with E-state index < -0.39 is 0 Å². The molecule has 2 aromatic rings. The Morgan fingerprint density at radius 1 is 1.26 bits per heavy atom. The van der Waals surface area contributed by atoms with Crippen LogP contribution in [0, 0.1) is 0 Å². The van der Waals surface area contributed by atoms with Gasteiger partial charge in [-0.05, 0) is 32.5 Å². The van der Waals surface area contributed by atoms with Crippen molar-refractivity contribution in [3.63, 3.8) is 0 Å². The molecule has 0 saturated carbocycles. The Morgan fingerprint density at radius 2 is 1.96 bits per heavy atom. The maximum Gasteiger partial charge on any atom is 0.223 e. The molecule has 1 N–H and O–H groups in total. The van der Waals surface area contributed by atoms with Crippen molar-refractivity contribution < 1.29 is 5.11 Å². The number of aromatic hydroxyl groups is 1. The molecule has 0 bridgehead atoms. The molecule has 0 aliphatic heterocycles. The molecule has 1 unspecified atom stereocenters. The van der Waals surface area contributed by atoms with Gasteiger partial charge < -0.3 is 14.6 Å². The molecule has 0 aliphatic rings. The van der Waals surface area contributed by atoms with Crippen LogP contribution in [0.5, 0.6) is 5.75 Å². The van der Waals surface area contributed by atoms with Crippen molar-refractivity contribution in [3.05, 3.63) is 64.1 Å². The molecule has 124 valence electrons. The van der Waals surface area contributed by atoms with Crippen molar-refractivity contribution in [1.82, 2.24) is 9.47 Å². The van der Waals surface area contributed by atoms with Crippen molar-refractivity contribution in [2.75, 3.05) is 13.6 Å². The minimum atomic E-state index is -0.319.